The van der Waals surface area contributed by atoms with Crippen molar-refractivity contribution in [2.24, 2.45) is 11.8 Å². The SMILES string of the molecule is C[C@H]1[C@@H]([NH2+]Cc2ccc3c(c2)OCO3)CCC[C@@H]1C. The molecule has 1 heterocycles. The van der Waals surface area contributed by atoms with Crippen molar-refractivity contribution in [3.63, 3.8) is 0 Å². The molecule has 1 aromatic carbocycles. The summed E-state index contributed by atoms with van der Waals surface area (Å²) in [7, 11) is 0. The van der Waals surface area contributed by atoms with Gasteiger partial charge in [-0.25, -0.2) is 0 Å². The van der Waals surface area contributed by atoms with E-state index in [1.165, 1.54) is 24.8 Å². The number of quaternary nitrogens is 1. The van der Waals surface area contributed by atoms with Gasteiger partial charge in [-0.3, -0.25) is 0 Å². The van der Waals surface area contributed by atoms with E-state index in [1.807, 2.05) is 6.07 Å². The van der Waals surface area contributed by atoms with Gasteiger partial charge in [0.1, 0.15) is 6.54 Å². The molecule has 3 heteroatoms. The first-order valence-corrected chi connectivity index (χ1v) is 7.46. The summed E-state index contributed by atoms with van der Waals surface area (Å²) in [5.41, 5.74) is 1.33. The van der Waals surface area contributed by atoms with Crippen LogP contribution in [0.25, 0.3) is 0 Å². The van der Waals surface area contributed by atoms with Crippen LogP contribution >= 0.6 is 0 Å². The Bertz CT molecular complexity index is 446. The first-order valence-electron chi connectivity index (χ1n) is 7.46. The van der Waals surface area contributed by atoms with E-state index in [0.29, 0.717) is 6.79 Å². The fourth-order valence-electron chi connectivity index (χ4n) is 3.31. The Labute approximate surface area is 115 Å². The van der Waals surface area contributed by atoms with Crippen molar-refractivity contribution >= 4 is 0 Å². The molecule has 0 unspecified atom stereocenters. The van der Waals surface area contributed by atoms with Gasteiger partial charge in [0.15, 0.2) is 11.5 Å². The summed E-state index contributed by atoms with van der Waals surface area (Å²) in [5, 5.41) is 2.51. The highest BCUT2D eigenvalue weighted by Gasteiger charge is 2.29. The summed E-state index contributed by atoms with van der Waals surface area (Å²) in [6.45, 7) is 6.20. The minimum atomic E-state index is 0.361. The number of ether oxygens (including phenoxy) is 2. The van der Waals surface area contributed by atoms with Crippen LogP contribution in [-0.2, 0) is 6.54 Å². The molecule has 1 aromatic rings. The molecule has 0 saturated heterocycles. The van der Waals surface area contributed by atoms with Crippen LogP contribution in [0.2, 0.25) is 0 Å². The molecule has 19 heavy (non-hydrogen) atoms. The molecule has 104 valence electrons. The lowest BCUT2D eigenvalue weighted by atomic mass is 9.78. The molecule has 0 amide bonds. The highest BCUT2D eigenvalue weighted by molar-refractivity contribution is 5.44. The minimum absolute atomic E-state index is 0.361. The van der Waals surface area contributed by atoms with Gasteiger partial charge in [0.2, 0.25) is 6.79 Å². The number of hydrogen-bond acceptors (Lipinski definition) is 2. The van der Waals surface area contributed by atoms with Crippen molar-refractivity contribution in [1.29, 1.82) is 0 Å². The van der Waals surface area contributed by atoms with Gasteiger partial charge >= 0.3 is 0 Å². The predicted octanol–water partition coefficient (Wildman–Crippen LogP) is 2.30. The van der Waals surface area contributed by atoms with Crippen molar-refractivity contribution in [3.8, 4) is 11.5 Å². The van der Waals surface area contributed by atoms with Crippen LogP contribution in [0.15, 0.2) is 18.2 Å². The fourth-order valence-corrected chi connectivity index (χ4v) is 3.31. The lowest BCUT2D eigenvalue weighted by Gasteiger charge is -2.32. The average molecular weight is 262 g/mol. The second-order valence-corrected chi connectivity index (χ2v) is 6.06. The van der Waals surface area contributed by atoms with E-state index in [9.17, 15) is 0 Å². The highest BCUT2D eigenvalue weighted by Crippen LogP contribution is 2.32. The quantitative estimate of drug-likeness (QED) is 0.907. The maximum absolute atomic E-state index is 5.43. The molecular formula is C16H24NO2+. The Morgan fingerprint density at radius 3 is 2.89 bits per heavy atom. The fraction of sp³-hybridized carbons (Fsp3) is 0.625. The molecule has 1 aliphatic heterocycles. The number of rotatable bonds is 3. The monoisotopic (exact) mass is 262 g/mol. The first kappa shape index (κ1) is 12.8. The van der Waals surface area contributed by atoms with Crippen LogP contribution in [-0.4, -0.2) is 12.8 Å². The first-order chi connectivity index (χ1) is 9.24. The molecule has 0 spiro atoms. The van der Waals surface area contributed by atoms with Gasteiger partial charge in [-0.1, -0.05) is 13.8 Å². The van der Waals surface area contributed by atoms with Gasteiger partial charge in [0.05, 0.1) is 6.04 Å². The molecule has 0 bridgehead atoms. The zero-order chi connectivity index (χ0) is 13.2. The third-order valence-corrected chi connectivity index (χ3v) is 4.86. The van der Waals surface area contributed by atoms with Crippen LogP contribution in [0.5, 0.6) is 11.5 Å². The van der Waals surface area contributed by atoms with Crippen molar-refractivity contribution in [2.45, 2.75) is 45.7 Å². The lowest BCUT2D eigenvalue weighted by molar-refractivity contribution is -0.713. The van der Waals surface area contributed by atoms with Crippen LogP contribution < -0.4 is 14.8 Å². The predicted molar refractivity (Wildman–Crippen MR) is 74.2 cm³/mol. The maximum Gasteiger partial charge on any atom is 0.231 e. The van der Waals surface area contributed by atoms with Gasteiger partial charge in [-0.15, -0.1) is 0 Å². The molecule has 3 atom stereocenters. The number of fused-ring (bicyclic) bond motifs is 1. The summed E-state index contributed by atoms with van der Waals surface area (Å²) in [6, 6.07) is 7.07. The zero-order valence-corrected chi connectivity index (χ0v) is 11.9. The molecule has 1 saturated carbocycles. The van der Waals surface area contributed by atoms with Gasteiger partial charge in [-0.2, -0.15) is 0 Å². The molecule has 0 radical (unpaired) electrons. The average Bonchev–Trinajstić information content (AvgIpc) is 2.88. The lowest BCUT2D eigenvalue weighted by Crippen LogP contribution is -2.90. The van der Waals surface area contributed by atoms with Crippen molar-refractivity contribution in [2.75, 3.05) is 6.79 Å². The Morgan fingerprint density at radius 2 is 2.00 bits per heavy atom. The van der Waals surface area contributed by atoms with Crippen LogP contribution in [0, 0.1) is 11.8 Å². The molecule has 2 aliphatic rings. The third kappa shape index (κ3) is 2.71. The van der Waals surface area contributed by atoms with E-state index in [2.05, 4.69) is 31.3 Å². The van der Waals surface area contributed by atoms with Gasteiger partial charge < -0.3 is 14.8 Å². The van der Waals surface area contributed by atoms with Crippen LogP contribution in [0.1, 0.15) is 38.7 Å². The molecule has 3 nitrogen and oxygen atoms in total. The van der Waals surface area contributed by atoms with E-state index in [-0.39, 0.29) is 0 Å². The van der Waals surface area contributed by atoms with Crippen molar-refractivity contribution < 1.29 is 14.8 Å². The van der Waals surface area contributed by atoms with Gasteiger partial charge in [-0.05, 0) is 43.4 Å². The second kappa shape index (κ2) is 5.41. The summed E-state index contributed by atoms with van der Waals surface area (Å²) in [5.74, 6) is 3.47. The second-order valence-electron chi connectivity index (χ2n) is 6.06. The molecule has 3 rings (SSSR count). The van der Waals surface area contributed by atoms with E-state index >= 15 is 0 Å². The number of hydrogen-bond donors (Lipinski definition) is 1. The summed E-state index contributed by atoms with van der Waals surface area (Å²) >= 11 is 0. The molecule has 2 N–H and O–H groups in total. The van der Waals surface area contributed by atoms with E-state index in [1.54, 1.807) is 0 Å². The Kier molecular flexibility index (Phi) is 3.65. The molecule has 0 aromatic heterocycles. The van der Waals surface area contributed by atoms with Crippen molar-refractivity contribution in [1.82, 2.24) is 0 Å². The highest BCUT2D eigenvalue weighted by atomic mass is 16.7. The third-order valence-electron chi connectivity index (χ3n) is 4.86. The van der Waals surface area contributed by atoms with E-state index in [0.717, 1.165) is 35.9 Å². The minimum Gasteiger partial charge on any atom is -0.454 e. The standard InChI is InChI=1S/C16H23NO2/c1-11-4-3-5-14(12(11)2)17-9-13-6-7-15-16(8-13)19-10-18-15/h6-8,11-12,14,17H,3-5,9-10H2,1-2H3/p+1/t11-,12+,14-/m0/s1. The summed E-state index contributed by atoms with van der Waals surface area (Å²) in [4.78, 5) is 0. The normalized spacial score (nSPS) is 29.5. The topological polar surface area (TPSA) is 35.1 Å². The molecule has 1 fully saturated rings. The number of benzene rings is 1. The van der Waals surface area contributed by atoms with Crippen LogP contribution in [0.4, 0.5) is 0 Å². The summed E-state index contributed by atoms with van der Waals surface area (Å²) in [6.07, 6.45) is 4.14. The Morgan fingerprint density at radius 1 is 1.16 bits per heavy atom. The van der Waals surface area contributed by atoms with Crippen LogP contribution in [0.3, 0.4) is 0 Å². The van der Waals surface area contributed by atoms with Crippen molar-refractivity contribution in [3.05, 3.63) is 23.8 Å². The largest absolute Gasteiger partial charge is 0.454 e. The molecular weight excluding hydrogens is 238 g/mol. The van der Waals surface area contributed by atoms with E-state index < -0.39 is 0 Å². The van der Waals surface area contributed by atoms with Gasteiger partial charge in [0.25, 0.3) is 0 Å². The Balaban J connectivity index is 1.60. The number of nitrogens with two attached hydrogens (primary N) is 1. The Hall–Kier alpha value is -1.22. The maximum atomic E-state index is 5.43. The van der Waals surface area contributed by atoms with Gasteiger partial charge in [0, 0.05) is 11.5 Å². The smallest absolute Gasteiger partial charge is 0.231 e. The van der Waals surface area contributed by atoms with E-state index in [4.69, 9.17) is 9.47 Å². The zero-order valence-electron chi connectivity index (χ0n) is 11.9. The molecule has 1 aliphatic carbocycles. The summed E-state index contributed by atoms with van der Waals surface area (Å²) < 4.78 is 10.8.